The number of aryl methyl sites for hydroxylation is 1. The van der Waals surface area contributed by atoms with Gasteiger partial charge in [-0.25, -0.2) is 0 Å². The molecule has 0 spiro atoms. The summed E-state index contributed by atoms with van der Waals surface area (Å²) in [6.45, 7) is 5.57. The molecule has 0 radical (unpaired) electrons. The molecule has 1 heterocycles. The summed E-state index contributed by atoms with van der Waals surface area (Å²) in [4.78, 5) is 1.51. The van der Waals surface area contributed by atoms with Gasteiger partial charge in [0.25, 0.3) is 0 Å². The maximum atomic E-state index is 3.50. The lowest BCUT2D eigenvalue weighted by molar-refractivity contribution is 0.542. The predicted molar refractivity (Wildman–Crippen MR) is 77.3 cm³/mol. The molecule has 16 heavy (non-hydrogen) atoms. The number of unbranched alkanes of at least 4 members (excludes halogenated alkanes) is 3. The molecule has 1 nitrogen and oxygen atoms in total. The number of nitrogens with one attached hydrogen (secondary N) is 1. The van der Waals surface area contributed by atoms with E-state index in [1.165, 1.54) is 47.3 Å². The summed E-state index contributed by atoms with van der Waals surface area (Å²) in [5, 5.41) is 3.45. The normalized spacial score (nSPS) is 11.2. The molecule has 0 atom stereocenters. The van der Waals surface area contributed by atoms with Crippen LogP contribution in [0.1, 0.15) is 44.4 Å². The third kappa shape index (κ3) is 6.66. The van der Waals surface area contributed by atoms with Crippen LogP contribution in [0.25, 0.3) is 0 Å². The Bertz CT molecular complexity index is 283. The zero-order valence-corrected chi connectivity index (χ0v) is 12.7. The fourth-order valence-corrected chi connectivity index (χ4v) is 3.18. The summed E-state index contributed by atoms with van der Waals surface area (Å²) in [5.74, 6) is 0. The average Bonchev–Trinajstić information content (AvgIpc) is 2.62. The van der Waals surface area contributed by atoms with Crippen molar-refractivity contribution in [1.82, 2.24) is 5.32 Å². The Hall–Kier alpha value is 0.140. The van der Waals surface area contributed by atoms with Crippen LogP contribution < -0.4 is 5.32 Å². The molecule has 1 rings (SSSR count). The van der Waals surface area contributed by atoms with E-state index in [1.807, 2.05) is 11.3 Å². The average molecular weight is 304 g/mol. The first-order chi connectivity index (χ1) is 7.68. The van der Waals surface area contributed by atoms with Crippen LogP contribution in [0.2, 0.25) is 0 Å². The zero-order chi connectivity index (χ0) is 11.8. The second-order valence-electron chi connectivity index (χ2n) is 4.48. The largest absolute Gasteiger partial charge is 0.315 e. The molecular formula is C13H22BrNS. The van der Waals surface area contributed by atoms with Gasteiger partial charge in [-0.15, -0.1) is 11.3 Å². The molecule has 1 N–H and O–H groups in total. The SMILES string of the molecule is CC(C)NCCCCCCc1ccc(Br)s1. The van der Waals surface area contributed by atoms with E-state index in [1.54, 1.807) is 0 Å². The van der Waals surface area contributed by atoms with Gasteiger partial charge in [0.2, 0.25) is 0 Å². The zero-order valence-electron chi connectivity index (χ0n) is 10.3. The molecule has 92 valence electrons. The highest BCUT2D eigenvalue weighted by atomic mass is 79.9. The van der Waals surface area contributed by atoms with E-state index < -0.39 is 0 Å². The van der Waals surface area contributed by atoms with Crippen molar-refractivity contribution in [1.29, 1.82) is 0 Å². The highest BCUT2D eigenvalue weighted by Crippen LogP contribution is 2.23. The van der Waals surface area contributed by atoms with E-state index in [4.69, 9.17) is 0 Å². The molecule has 0 bridgehead atoms. The van der Waals surface area contributed by atoms with Crippen LogP contribution in [0.15, 0.2) is 15.9 Å². The summed E-state index contributed by atoms with van der Waals surface area (Å²) in [6, 6.07) is 5.00. The Kier molecular flexibility index (Phi) is 7.33. The standard InChI is InChI=1S/C13H22BrNS/c1-11(2)15-10-6-4-3-5-7-12-8-9-13(14)16-12/h8-9,11,15H,3-7,10H2,1-2H3. The number of rotatable bonds is 8. The van der Waals surface area contributed by atoms with E-state index in [0.717, 1.165) is 0 Å². The van der Waals surface area contributed by atoms with Crippen molar-refractivity contribution in [2.24, 2.45) is 0 Å². The molecule has 0 aliphatic carbocycles. The van der Waals surface area contributed by atoms with E-state index in [9.17, 15) is 0 Å². The minimum absolute atomic E-state index is 0.628. The fourth-order valence-electron chi connectivity index (χ4n) is 1.65. The lowest BCUT2D eigenvalue weighted by atomic mass is 10.1. The number of thiophene rings is 1. The Morgan fingerprint density at radius 1 is 1.19 bits per heavy atom. The number of halogens is 1. The van der Waals surface area contributed by atoms with Crippen LogP contribution in [-0.2, 0) is 6.42 Å². The molecule has 0 fully saturated rings. The van der Waals surface area contributed by atoms with Crippen molar-refractivity contribution < 1.29 is 0 Å². The lowest BCUT2D eigenvalue weighted by Gasteiger charge is -2.07. The second kappa shape index (κ2) is 8.26. The second-order valence-corrected chi connectivity index (χ2v) is 7.03. The molecule has 0 unspecified atom stereocenters. The van der Waals surface area contributed by atoms with Crippen LogP contribution in [0.5, 0.6) is 0 Å². The molecule has 0 amide bonds. The van der Waals surface area contributed by atoms with Gasteiger partial charge in [-0.1, -0.05) is 26.7 Å². The Morgan fingerprint density at radius 3 is 2.56 bits per heavy atom. The van der Waals surface area contributed by atoms with Gasteiger partial charge in [0.05, 0.1) is 3.79 Å². The molecule has 1 aromatic rings. The Labute approximate surface area is 112 Å². The molecule has 0 saturated carbocycles. The van der Waals surface area contributed by atoms with Gasteiger partial charge in [0.1, 0.15) is 0 Å². The third-order valence-corrected chi connectivity index (χ3v) is 4.21. The topological polar surface area (TPSA) is 12.0 Å². The van der Waals surface area contributed by atoms with Gasteiger partial charge in [0, 0.05) is 10.9 Å². The minimum Gasteiger partial charge on any atom is -0.315 e. The summed E-state index contributed by atoms with van der Waals surface area (Å²) in [5.41, 5.74) is 0. The van der Waals surface area contributed by atoms with Crippen LogP contribution in [0.4, 0.5) is 0 Å². The van der Waals surface area contributed by atoms with E-state index >= 15 is 0 Å². The summed E-state index contributed by atoms with van der Waals surface area (Å²) < 4.78 is 1.25. The molecule has 0 aliphatic heterocycles. The van der Waals surface area contributed by atoms with Crippen molar-refractivity contribution in [3.8, 4) is 0 Å². The first kappa shape index (κ1) is 14.2. The van der Waals surface area contributed by atoms with E-state index in [2.05, 4.69) is 47.2 Å². The predicted octanol–water partition coefficient (Wildman–Crippen LogP) is 4.61. The van der Waals surface area contributed by atoms with E-state index in [-0.39, 0.29) is 0 Å². The highest BCUT2D eigenvalue weighted by Gasteiger charge is 1.98. The van der Waals surface area contributed by atoms with Gasteiger partial charge < -0.3 is 5.32 Å². The summed E-state index contributed by atoms with van der Waals surface area (Å²) in [7, 11) is 0. The van der Waals surface area contributed by atoms with Gasteiger partial charge in [-0.3, -0.25) is 0 Å². The first-order valence-electron chi connectivity index (χ1n) is 6.16. The summed E-state index contributed by atoms with van der Waals surface area (Å²) in [6.07, 6.45) is 6.59. The van der Waals surface area contributed by atoms with Crippen molar-refractivity contribution in [2.45, 2.75) is 52.0 Å². The smallest absolute Gasteiger partial charge is 0.0701 e. The molecule has 3 heteroatoms. The molecular weight excluding hydrogens is 282 g/mol. The monoisotopic (exact) mass is 303 g/mol. The number of hydrogen-bond acceptors (Lipinski definition) is 2. The van der Waals surface area contributed by atoms with E-state index in [0.29, 0.717) is 6.04 Å². The summed E-state index contributed by atoms with van der Waals surface area (Å²) >= 11 is 5.36. The third-order valence-electron chi connectivity index (χ3n) is 2.53. The maximum Gasteiger partial charge on any atom is 0.0701 e. The maximum absolute atomic E-state index is 3.50. The van der Waals surface area contributed by atoms with Crippen LogP contribution >= 0.6 is 27.3 Å². The highest BCUT2D eigenvalue weighted by molar-refractivity contribution is 9.11. The molecule has 0 aliphatic rings. The quantitative estimate of drug-likeness (QED) is 0.691. The lowest BCUT2D eigenvalue weighted by Crippen LogP contribution is -2.23. The molecule has 0 saturated heterocycles. The van der Waals surface area contributed by atoms with Crippen LogP contribution in [-0.4, -0.2) is 12.6 Å². The van der Waals surface area contributed by atoms with Gasteiger partial charge in [-0.2, -0.15) is 0 Å². The Balaban J connectivity index is 1.92. The van der Waals surface area contributed by atoms with Gasteiger partial charge in [-0.05, 0) is 53.9 Å². The minimum atomic E-state index is 0.628. The van der Waals surface area contributed by atoms with Crippen molar-refractivity contribution in [3.05, 3.63) is 20.8 Å². The molecule has 1 aromatic heterocycles. The van der Waals surface area contributed by atoms with Crippen molar-refractivity contribution >= 4 is 27.3 Å². The van der Waals surface area contributed by atoms with Gasteiger partial charge >= 0.3 is 0 Å². The van der Waals surface area contributed by atoms with Gasteiger partial charge in [0.15, 0.2) is 0 Å². The van der Waals surface area contributed by atoms with Crippen molar-refractivity contribution in [3.63, 3.8) is 0 Å². The Morgan fingerprint density at radius 2 is 1.94 bits per heavy atom. The van der Waals surface area contributed by atoms with Crippen LogP contribution in [0.3, 0.4) is 0 Å². The first-order valence-corrected chi connectivity index (χ1v) is 7.77. The van der Waals surface area contributed by atoms with Crippen LogP contribution in [0, 0.1) is 0 Å². The van der Waals surface area contributed by atoms with Crippen molar-refractivity contribution in [2.75, 3.05) is 6.54 Å². The molecule has 0 aromatic carbocycles. The number of hydrogen-bond donors (Lipinski definition) is 1. The fraction of sp³-hybridized carbons (Fsp3) is 0.692.